The average molecular weight is 479 g/mol. The number of aliphatic carboxylic acids is 1. The van der Waals surface area contributed by atoms with Crippen LogP contribution in [0.25, 0.3) is 11.1 Å². The SMILES string of the molecule is CCCC[C@@H](CC(=O)N(C)C1(C(=O)O)CCC1)NC(=O)OCC1c2ccccc2-c2ccccc21. The van der Waals surface area contributed by atoms with Crippen LogP contribution in [-0.2, 0) is 14.3 Å². The van der Waals surface area contributed by atoms with Crippen LogP contribution >= 0.6 is 0 Å². The highest BCUT2D eigenvalue weighted by molar-refractivity contribution is 5.88. The third kappa shape index (κ3) is 4.90. The second kappa shape index (κ2) is 10.5. The molecule has 0 aliphatic heterocycles. The Bertz CT molecular complexity index is 1050. The summed E-state index contributed by atoms with van der Waals surface area (Å²) >= 11 is 0. The maximum atomic E-state index is 13.0. The summed E-state index contributed by atoms with van der Waals surface area (Å²) in [5.41, 5.74) is 3.49. The van der Waals surface area contributed by atoms with E-state index in [0.29, 0.717) is 19.3 Å². The topological polar surface area (TPSA) is 95.9 Å². The van der Waals surface area contributed by atoms with Crippen molar-refractivity contribution in [2.75, 3.05) is 13.7 Å². The van der Waals surface area contributed by atoms with Crippen molar-refractivity contribution in [3.63, 3.8) is 0 Å². The van der Waals surface area contributed by atoms with Crippen molar-refractivity contribution in [1.82, 2.24) is 10.2 Å². The van der Waals surface area contributed by atoms with E-state index in [1.165, 1.54) is 4.90 Å². The minimum absolute atomic E-state index is 0.0379. The Morgan fingerprint density at radius 2 is 1.69 bits per heavy atom. The number of unbranched alkanes of at least 4 members (excludes halogenated alkanes) is 1. The highest BCUT2D eigenvalue weighted by atomic mass is 16.5. The molecule has 0 spiro atoms. The molecule has 0 heterocycles. The van der Waals surface area contributed by atoms with Crippen molar-refractivity contribution >= 4 is 18.0 Å². The molecule has 0 unspecified atom stereocenters. The van der Waals surface area contributed by atoms with Crippen molar-refractivity contribution in [1.29, 1.82) is 0 Å². The number of likely N-dealkylation sites (N-methyl/N-ethyl adjacent to an activating group) is 1. The van der Waals surface area contributed by atoms with E-state index in [4.69, 9.17) is 4.74 Å². The lowest BCUT2D eigenvalue weighted by Crippen LogP contribution is -2.60. The lowest BCUT2D eigenvalue weighted by molar-refractivity contribution is -0.164. The van der Waals surface area contributed by atoms with Gasteiger partial charge in [0.1, 0.15) is 12.1 Å². The number of hydrogen-bond acceptors (Lipinski definition) is 4. The minimum Gasteiger partial charge on any atom is -0.479 e. The summed E-state index contributed by atoms with van der Waals surface area (Å²) in [6.07, 6.45) is 3.60. The summed E-state index contributed by atoms with van der Waals surface area (Å²) < 4.78 is 5.66. The summed E-state index contributed by atoms with van der Waals surface area (Å²) in [4.78, 5) is 38.9. The zero-order valence-corrected chi connectivity index (χ0v) is 20.5. The number of carboxylic acids is 1. The second-order valence-electron chi connectivity index (χ2n) is 9.66. The van der Waals surface area contributed by atoms with Gasteiger partial charge in [-0.2, -0.15) is 0 Å². The van der Waals surface area contributed by atoms with Gasteiger partial charge < -0.3 is 20.1 Å². The summed E-state index contributed by atoms with van der Waals surface area (Å²) in [6.45, 7) is 2.25. The van der Waals surface area contributed by atoms with Crippen LogP contribution < -0.4 is 5.32 Å². The van der Waals surface area contributed by atoms with Crippen molar-refractivity contribution in [3.05, 3.63) is 59.7 Å². The van der Waals surface area contributed by atoms with Crippen LogP contribution in [0.1, 0.15) is 68.9 Å². The fourth-order valence-electron chi connectivity index (χ4n) is 5.27. The molecule has 2 N–H and O–H groups in total. The molecule has 1 saturated carbocycles. The Labute approximate surface area is 206 Å². The Hall–Kier alpha value is -3.35. The fraction of sp³-hybridized carbons (Fsp3) is 0.464. The first-order chi connectivity index (χ1) is 16.9. The normalized spacial score (nSPS) is 16.4. The number of carboxylic acid groups (broad SMARTS) is 1. The average Bonchev–Trinajstić information content (AvgIpc) is 3.14. The predicted molar refractivity (Wildman–Crippen MR) is 133 cm³/mol. The predicted octanol–water partition coefficient (Wildman–Crippen LogP) is 4.94. The van der Waals surface area contributed by atoms with E-state index in [0.717, 1.165) is 41.5 Å². The Morgan fingerprint density at radius 3 is 2.20 bits per heavy atom. The lowest BCUT2D eigenvalue weighted by Gasteiger charge is -2.45. The van der Waals surface area contributed by atoms with Crippen molar-refractivity contribution < 1.29 is 24.2 Å². The molecule has 1 fully saturated rings. The van der Waals surface area contributed by atoms with Gasteiger partial charge in [-0.05, 0) is 47.9 Å². The molecule has 4 rings (SSSR count). The lowest BCUT2D eigenvalue weighted by atomic mass is 9.75. The third-order valence-electron chi connectivity index (χ3n) is 7.59. The van der Waals surface area contributed by atoms with Gasteiger partial charge in [-0.1, -0.05) is 68.3 Å². The maximum Gasteiger partial charge on any atom is 0.407 e. The van der Waals surface area contributed by atoms with E-state index in [2.05, 4.69) is 29.6 Å². The number of nitrogens with one attached hydrogen (secondary N) is 1. The van der Waals surface area contributed by atoms with Crippen molar-refractivity contribution in [2.45, 2.75) is 69.4 Å². The number of alkyl carbamates (subject to hydrolysis) is 1. The van der Waals surface area contributed by atoms with Gasteiger partial charge >= 0.3 is 12.1 Å². The first kappa shape index (κ1) is 24.8. The summed E-state index contributed by atoms with van der Waals surface area (Å²) in [5, 5.41) is 12.5. The molecular weight excluding hydrogens is 444 g/mol. The first-order valence-corrected chi connectivity index (χ1v) is 12.5. The number of hydrogen-bond donors (Lipinski definition) is 2. The van der Waals surface area contributed by atoms with Gasteiger partial charge in [0.25, 0.3) is 0 Å². The molecular formula is C28H34N2O5. The Kier molecular flexibility index (Phi) is 7.43. The third-order valence-corrected chi connectivity index (χ3v) is 7.59. The van der Waals surface area contributed by atoms with E-state index in [9.17, 15) is 19.5 Å². The number of carbonyl (C=O) groups excluding carboxylic acids is 2. The van der Waals surface area contributed by atoms with E-state index in [1.54, 1.807) is 7.05 Å². The molecule has 1 atom stereocenters. The molecule has 35 heavy (non-hydrogen) atoms. The van der Waals surface area contributed by atoms with Crippen LogP contribution in [0.4, 0.5) is 4.79 Å². The zero-order chi connectivity index (χ0) is 25.0. The summed E-state index contributed by atoms with van der Waals surface area (Å²) in [7, 11) is 1.56. The number of rotatable bonds is 10. The van der Waals surface area contributed by atoms with Gasteiger partial charge in [0, 0.05) is 25.4 Å². The number of nitrogens with zero attached hydrogens (tertiary/aromatic N) is 1. The molecule has 2 amide bonds. The molecule has 2 aliphatic carbocycles. The van der Waals surface area contributed by atoms with Crippen LogP contribution in [0.2, 0.25) is 0 Å². The molecule has 2 aromatic rings. The van der Waals surface area contributed by atoms with Crippen molar-refractivity contribution in [2.24, 2.45) is 0 Å². The molecule has 0 aromatic heterocycles. The van der Waals surface area contributed by atoms with Crippen molar-refractivity contribution in [3.8, 4) is 11.1 Å². The quantitative estimate of drug-likeness (QED) is 0.504. The van der Waals surface area contributed by atoms with Gasteiger partial charge in [0.05, 0.1) is 0 Å². The molecule has 0 bridgehead atoms. The Balaban J connectivity index is 1.39. The maximum absolute atomic E-state index is 13.0. The first-order valence-electron chi connectivity index (χ1n) is 12.5. The molecule has 7 nitrogen and oxygen atoms in total. The number of carbonyl (C=O) groups is 3. The molecule has 2 aromatic carbocycles. The standard InChI is InChI=1S/C28H34N2O5/c1-3-4-10-19(17-25(31)30(2)28(26(32)33)15-9-16-28)29-27(34)35-18-24-22-13-7-5-11-20(22)21-12-6-8-14-23(21)24/h5-8,11-14,19,24H,3-4,9-10,15-18H2,1-2H3,(H,29,34)(H,32,33)/t19-/m0/s1. The fourth-order valence-corrected chi connectivity index (χ4v) is 5.27. The van der Waals surface area contributed by atoms with E-state index in [1.807, 2.05) is 31.2 Å². The van der Waals surface area contributed by atoms with E-state index >= 15 is 0 Å². The zero-order valence-electron chi connectivity index (χ0n) is 20.5. The second-order valence-corrected chi connectivity index (χ2v) is 9.66. The van der Waals surface area contributed by atoms with Crippen LogP contribution in [0.15, 0.2) is 48.5 Å². The van der Waals surface area contributed by atoms with Gasteiger partial charge in [-0.3, -0.25) is 4.79 Å². The van der Waals surface area contributed by atoms with Crippen LogP contribution in [0, 0.1) is 0 Å². The monoisotopic (exact) mass is 478 g/mol. The Morgan fingerprint density at radius 1 is 1.09 bits per heavy atom. The van der Waals surface area contributed by atoms with Crippen LogP contribution in [-0.4, -0.2) is 53.2 Å². The number of amides is 2. The number of ether oxygens (including phenoxy) is 1. The molecule has 0 saturated heterocycles. The van der Waals surface area contributed by atoms with Crippen LogP contribution in [0.3, 0.4) is 0 Å². The molecule has 186 valence electrons. The minimum atomic E-state index is -1.11. The number of benzene rings is 2. The number of fused-ring (bicyclic) bond motifs is 3. The van der Waals surface area contributed by atoms with Crippen LogP contribution in [0.5, 0.6) is 0 Å². The van der Waals surface area contributed by atoms with Gasteiger partial charge in [-0.25, -0.2) is 9.59 Å². The summed E-state index contributed by atoms with van der Waals surface area (Å²) in [6, 6.07) is 15.9. The van der Waals surface area contributed by atoms with Gasteiger partial charge in [-0.15, -0.1) is 0 Å². The molecule has 0 radical (unpaired) electrons. The van der Waals surface area contributed by atoms with Gasteiger partial charge in [0.2, 0.25) is 5.91 Å². The largest absolute Gasteiger partial charge is 0.479 e. The smallest absolute Gasteiger partial charge is 0.407 e. The molecule has 2 aliphatic rings. The highest BCUT2D eigenvalue weighted by Gasteiger charge is 2.49. The van der Waals surface area contributed by atoms with Gasteiger partial charge in [0.15, 0.2) is 0 Å². The molecule has 7 heteroatoms. The van der Waals surface area contributed by atoms with E-state index < -0.39 is 23.6 Å². The highest BCUT2D eigenvalue weighted by Crippen LogP contribution is 2.44. The van der Waals surface area contributed by atoms with E-state index in [-0.39, 0.29) is 24.9 Å². The summed E-state index contributed by atoms with van der Waals surface area (Å²) in [5.74, 6) is -1.27.